The minimum Gasteiger partial charge on any atom is -0.368 e. The molecule has 1 fully saturated rings. The maximum Gasteiger partial charge on any atom is 0.223 e. The smallest absolute Gasteiger partial charge is 0.223 e. The van der Waals surface area contributed by atoms with Crippen molar-refractivity contribution in [3.63, 3.8) is 0 Å². The summed E-state index contributed by atoms with van der Waals surface area (Å²) in [4.78, 5) is 17.0. The number of halogens is 1. The van der Waals surface area contributed by atoms with Crippen LogP contribution in [-0.4, -0.2) is 56.8 Å². The highest BCUT2D eigenvalue weighted by Gasteiger charge is 2.22. The molecule has 2 aromatic heterocycles. The molecule has 0 N–H and O–H groups in total. The van der Waals surface area contributed by atoms with Gasteiger partial charge in [0.15, 0.2) is 5.65 Å². The zero-order chi connectivity index (χ0) is 19.7. The molecule has 1 aromatic carbocycles. The lowest BCUT2D eigenvalue weighted by atomic mass is 10.0. The molecule has 28 heavy (non-hydrogen) atoms. The molecular formula is C20H23ClN6O. The van der Waals surface area contributed by atoms with Crippen LogP contribution in [0.4, 0.5) is 5.69 Å². The molecule has 1 aliphatic rings. The quantitative estimate of drug-likeness (QED) is 0.676. The van der Waals surface area contributed by atoms with Crippen molar-refractivity contribution in [1.82, 2.24) is 24.7 Å². The van der Waals surface area contributed by atoms with Crippen LogP contribution in [0.15, 0.2) is 30.6 Å². The highest BCUT2D eigenvalue weighted by molar-refractivity contribution is 6.30. The molecular weight excluding hydrogens is 376 g/mol. The van der Waals surface area contributed by atoms with Crippen LogP contribution in [0.1, 0.15) is 23.2 Å². The van der Waals surface area contributed by atoms with Gasteiger partial charge in [0.2, 0.25) is 5.91 Å². The second kappa shape index (κ2) is 7.75. The van der Waals surface area contributed by atoms with Crippen LogP contribution < -0.4 is 4.90 Å². The molecule has 3 aromatic rings. The van der Waals surface area contributed by atoms with Gasteiger partial charge in [-0.1, -0.05) is 17.7 Å². The monoisotopic (exact) mass is 398 g/mol. The van der Waals surface area contributed by atoms with E-state index >= 15 is 0 Å². The molecule has 0 atom stereocenters. The van der Waals surface area contributed by atoms with Crippen LogP contribution in [0.2, 0.25) is 5.02 Å². The maximum atomic E-state index is 12.7. The zero-order valence-corrected chi connectivity index (χ0v) is 16.9. The summed E-state index contributed by atoms with van der Waals surface area (Å²) in [6, 6.07) is 7.86. The summed E-state index contributed by atoms with van der Waals surface area (Å²) in [7, 11) is 0. The molecule has 146 valence electrons. The third-order valence-corrected chi connectivity index (χ3v) is 5.64. The standard InChI is InChI=1S/C20H23ClN6O/c1-14-18(15(2)24-27-13-22-23-20(14)27)6-7-19(28)26-10-8-25(9-11-26)17-5-3-4-16(21)12-17/h3-5,12-13H,6-11H2,1-2H3. The summed E-state index contributed by atoms with van der Waals surface area (Å²) < 4.78 is 1.69. The Kier molecular flexibility index (Phi) is 5.17. The number of carbonyl (C=O) groups is 1. The average molecular weight is 399 g/mol. The van der Waals surface area contributed by atoms with E-state index in [1.165, 1.54) is 0 Å². The molecule has 0 aliphatic carbocycles. The lowest BCUT2D eigenvalue weighted by molar-refractivity contribution is -0.131. The minimum absolute atomic E-state index is 0.186. The van der Waals surface area contributed by atoms with Crippen molar-refractivity contribution in [3.8, 4) is 0 Å². The average Bonchev–Trinajstić information content (AvgIpc) is 3.16. The van der Waals surface area contributed by atoms with Gasteiger partial charge in [0.25, 0.3) is 0 Å². The number of nitrogens with zero attached hydrogens (tertiary/aromatic N) is 6. The van der Waals surface area contributed by atoms with Gasteiger partial charge in [-0.05, 0) is 44.0 Å². The van der Waals surface area contributed by atoms with Gasteiger partial charge in [0, 0.05) is 48.9 Å². The Morgan fingerprint density at radius 2 is 1.96 bits per heavy atom. The molecule has 3 heterocycles. The van der Waals surface area contributed by atoms with E-state index in [1.54, 1.807) is 10.8 Å². The van der Waals surface area contributed by atoms with Gasteiger partial charge in [-0.3, -0.25) is 4.79 Å². The third kappa shape index (κ3) is 3.67. The van der Waals surface area contributed by atoms with E-state index in [2.05, 4.69) is 26.3 Å². The van der Waals surface area contributed by atoms with Gasteiger partial charge in [0.1, 0.15) is 6.33 Å². The number of aryl methyl sites for hydroxylation is 2. The molecule has 1 amide bonds. The number of anilines is 1. The molecule has 0 bridgehead atoms. The number of piperazine rings is 1. The van der Waals surface area contributed by atoms with Crippen molar-refractivity contribution in [2.24, 2.45) is 0 Å². The Bertz CT molecular complexity index is 1010. The zero-order valence-electron chi connectivity index (χ0n) is 16.1. The Labute approximate surface area is 168 Å². The number of fused-ring (bicyclic) bond motifs is 1. The lowest BCUT2D eigenvalue weighted by Gasteiger charge is -2.36. The first-order valence-electron chi connectivity index (χ1n) is 9.47. The van der Waals surface area contributed by atoms with Crippen LogP contribution in [0.3, 0.4) is 0 Å². The van der Waals surface area contributed by atoms with Crippen molar-refractivity contribution in [1.29, 1.82) is 0 Å². The molecule has 4 rings (SSSR count). The summed E-state index contributed by atoms with van der Waals surface area (Å²) in [5.41, 5.74) is 4.92. The number of amides is 1. The highest BCUT2D eigenvalue weighted by atomic mass is 35.5. The van der Waals surface area contributed by atoms with Crippen LogP contribution in [0.25, 0.3) is 5.65 Å². The van der Waals surface area contributed by atoms with E-state index < -0.39 is 0 Å². The van der Waals surface area contributed by atoms with Crippen molar-refractivity contribution < 1.29 is 4.79 Å². The molecule has 0 unspecified atom stereocenters. The number of hydrogen-bond donors (Lipinski definition) is 0. The Morgan fingerprint density at radius 1 is 1.18 bits per heavy atom. The van der Waals surface area contributed by atoms with Crippen LogP contribution in [0.5, 0.6) is 0 Å². The summed E-state index contributed by atoms with van der Waals surface area (Å²) in [6.45, 7) is 7.07. The fraction of sp³-hybridized carbons (Fsp3) is 0.400. The second-order valence-corrected chi connectivity index (χ2v) is 7.57. The van der Waals surface area contributed by atoms with E-state index in [4.69, 9.17) is 11.6 Å². The third-order valence-electron chi connectivity index (χ3n) is 5.41. The maximum absolute atomic E-state index is 12.7. The number of aromatic nitrogens is 4. The van der Waals surface area contributed by atoms with Crippen LogP contribution >= 0.6 is 11.6 Å². The van der Waals surface area contributed by atoms with Gasteiger partial charge in [-0.25, -0.2) is 4.52 Å². The van der Waals surface area contributed by atoms with Crippen molar-refractivity contribution in [3.05, 3.63) is 52.4 Å². The molecule has 0 radical (unpaired) electrons. The van der Waals surface area contributed by atoms with Crippen molar-refractivity contribution in [2.75, 3.05) is 31.1 Å². The number of rotatable bonds is 4. The Hall–Kier alpha value is -2.67. The van der Waals surface area contributed by atoms with Gasteiger partial charge < -0.3 is 9.80 Å². The first-order chi connectivity index (χ1) is 13.5. The number of carbonyl (C=O) groups excluding carboxylic acids is 1. The van der Waals surface area contributed by atoms with Gasteiger partial charge in [-0.15, -0.1) is 10.2 Å². The summed E-state index contributed by atoms with van der Waals surface area (Å²) in [6.07, 6.45) is 2.75. The summed E-state index contributed by atoms with van der Waals surface area (Å²) in [5.74, 6) is 0.186. The molecule has 1 aliphatic heterocycles. The Balaban J connectivity index is 1.36. The van der Waals surface area contributed by atoms with Crippen LogP contribution in [0, 0.1) is 13.8 Å². The van der Waals surface area contributed by atoms with Crippen molar-refractivity contribution in [2.45, 2.75) is 26.7 Å². The number of benzene rings is 1. The first kappa shape index (κ1) is 18.7. The molecule has 7 nitrogen and oxygen atoms in total. The van der Waals surface area contributed by atoms with Gasteiger partial charge in [-0.2, -0.15) is 5.10 Å². The van der Waals surface area contributed by atoms with E-state index in [0.29, 0.717) is 12.8 Å². The fourth-order valence-electron chi connectivity index (χ4n) is 3.82. The molecule has 0 spiro atoms. The predicted octanol–water partition coefficient (Wildman–Crippen LogP) is 2.68. The second-order valence-electron chi connectivity index (χ2n) is 7.14. The van der Waals surface area contributed by atoms with E-state index in [9.17, 15) is 4.79 Å². The minimum atomic E-state index is 0.186. The lowest BCUT2D eigenvalue weighted by Crippen LogP contribution is -2.48. The van der Waals surface area contributed by atoms with E-state index in [0.717, 1.165) is 59.4 Å². The van der Waals surface area contributed by atoms with E-state index in [-0.39, 0.29) is 5.91 Å². The van der Waals surface area contributed by atoms with Gasteiger partial charge >= 0.3 is 0 Å². The number of hydrogen-bond acceptors (Lipinski definition) is 5. The highest BCUT2D eigenvalue weighted by Crippen LogP contribution is 2.22. The first-order valence-corrected chi connectivity index (χ1v) is 9.85. The topological polar surface area (TPSA) is 66.6 Å². The molecule has 8 heteroatoms. The molecule has 1 saturated heterocycles. The van der Waals surface area contributed by atoms with E-state index in [1.807, 2.05) is 36.9 Å². The Morgan fingerprint density at radius 3 is 2.71 bits per heavy atom. The molecule has 0 saturated carbocycles. The SMILES string of the molecule is Cc1nn2cnnc2c(C)c1CCC(=O)N1CCN(c2cccc(Cl)c2)CC1. The summed E-state index contributed by atoms with van der Waals surface area (Å²) >= 11 is 6.09. The van der Waals surface area contributed by atoms with Crippen molar-refractivity contribution >= 4 is 28.8 Å². The normalized spacial score (nSPS) is 14.7. The largest absolute Gasteiger partial charge is 0.368 e. The van der Waals surface area contributed by atoms with Gasteiger partial charge in [0.05, 0.1) is 5.69 Å². The fourth-order valence-corrected chi connectivity index (χ4v) is 4.01. The summed E-state index contributed by atoms with van der Waals surface area (Å²) in [5, 5.41) is 13.3. The predicted molar refractivity (Wildman–Crippen MR) is 109 cm³/mol. The van der Waals surface area contributed by atoms with Crippen LogP contribution in [-0.2, 0) is 11.2 Å².